The van der Waals surface area contributed by atoms with E-state index in [1.807, 2.05) is 36.7 Å². The molecular weight excluding hydrogens is 382 g/mol. The Kier molecular flexibility index (Phi) is 4.75. The highest BCUT2D eigenvalue weighted by atomic mass is 35.5. The molecule has 5 rings (SSSR count). The highest BCUT2D eigenvalue weighted by molar-refractivity contribution is 6.33. The van der Waals surface area contributed by atoms with Gasteiger partial charge in [0.05, 0.1) is 5.69 Å². The van der Waals surface area contributed by atoms with Gasteiger partial charge in [-0.3, -0.25) is 4.40 Å². The molecule has 3 aromatic rings. The SMILES string of the molecule is CN[C@@H]1CCCC12CCN(c1nc(C)c(-c3ccccc3Cl)c3nccn13)CC2. The summed E-state index contributed by atoms with van der Waals surface area (Å²) in [4.78, 5) is 12.2. The molecule has 1 N–H and O–H groups in total. The predicted molar refractivity (Wildman–Crippen MR) is 119 cm³/mol. The number of anilines is 1. The van der Waals surface area contributed by atoms with Gasteiger partial charge in [-0.1, -0.05) is 36.2 Å². The van der Waals surface area contributed by atoms with Gasteiger partial charge in [0.2, 0.25) is 5.95 Å². The molecule has 0 amide bonds. The van der Waals surface area contributed by atoms with Crippen LogP contribution in [0.15, 0.2) is 36.7 Å². The number of nitrogens with one attached hydrogen (secondary N) is 1. The molecule has 0 unspecified atom stereocenters. The summed E-state index contributed by atoms with van der Waals surface area (Å²) in [5.74, 6) is 1.000. The van der Waals surface area contributed by atoms with Gasteiger partial charge in [-0.05, 0) is 51.1 Å². The first-order chi connectivity index (χ1) is 14.1. The van der Waals surface area contributed by atoms with Crippen LogP contribution in [0.1, 0.15) is 37.8 Å². The van der Waals surface area contributed by atoms with Gasteiger partial charge in [0, 0.05) is 47.7 Å². The molecule has 2 fully saturated rings. The molecule has 1 aliphatic heterocycles. The summed E-state index contributed by atoms with van der Waals surface area (Å²) in [6.07, 6.45) is 10.3. The maximum atomic E-state index is 6.50. The third-order valence-corrected chi connectivity index (χ3v) is 7.48. The van der Waals surface area contributed by atoms with Crippen LogP contribution in [0.25, 0.3) is 16.8 Å². The lowest BCUT2D eigenvalue weighted by molar-refractivity contribution is 0.177. The fourth-order valence-corrected chi connectivity index (χ4v) is 5.84. The molecule has 2 aromatic heterocycles. The lowest BCUT2D eigenvalue weighted by atomic mass is 9.74. The Balaban J connectivity index is 1.51. The van der Waals surface area contributed by atoms with E-state index >= 15 is 0 Å². The molecule has 0 bridgehead atoms. The third kappa shape index (κ3) is 3.03. The van der Waals surface area contributed by atoms with Gasteiger partial charge in [0.15, 0.2) is 0 Å². The third-order valence-electron chi connectivity index (χ3n) is 7.15. The normalized spacial score (nSPS) is 21.3. The van der Waals surface area contributed by atoms with E-state index in [2.05, 4.69) is 33.6 Å². The van der Waals surface area contributed by atoms with Crippen molar-refractivity contribution in [2.45, 2.75) is 45.1 Å². The number of aromatic nitrogens is 3. The minimum absolute atomic E-state index is 0.464. The molecule has 152 valence electrons. The van der Waals surface area contributed by atoms with Crippen molar-refractivity contribution in [2.24, 2.45) is 5.41 Å². The second kappa shape index (κ2) is 7.29. The van der Waals surface area contributed by atoms with Gasteiger partial charge in [0.1, 0.15) is 5.65 Å². The molecule has 1 atom stereocenters. The van der Waals surface area contributed by atoms with Crippen molar-refractivity contribution in [1.29, 1.82) is 0 Å². The van der Waals surface area contributed by atoms with Crippen LogP contribution in [0, 0.1) is 12.3 Å². The van der Waals surface area contributed by atoms with Gasteiger partial charge in [0.25, 0.3) is 0 Å². The maximum Gasteiger partial charge on any atom is 0.211 e. The van der Waals surface area contributed by atoms with Crippen molar-refractivity contribution in [2.75, 3.05) is 25.0 Å². The Morgan fingerprint density at radius 3 is 2.72 bits per heavy atom. The molecule has 1 saturated heterocycles. The molecule has 1 aromatic carbocycles. The van der Waals surface area contributed by atoms with Crippen LogP contribution in [0.4, 0.5) is 5.95 Å². The maximum absolute atomic E-state index is 6.50. The number of piperidine rings is 1. The Hall–Kier alpha value is -2.11. The van der Waals surface area contributed by atoms with E-state index in [4.69, 9.17) is 16.6 Å². The molecular formula is C23H28ClN5. The minimum atomic E-state index is 0.464. The zero-order chi connectivity index (χ0) is 20.0. The zero-order valence-electron chi connectivity index (χ0n) is 17.2. The summed E-state index contributed by atoms with van der Waals surface area (Å²) in [5, 5.41) is 4.31. The molecule has 3 heterocycles. The number of aryl methyl sites for hydroxylation is 1. The van der Waals surface area contributed by atoms with Gasteiger partial charge in [-0.2, -0.15) is 0 Å². The predicted octanol–water partition coefficient (Wildman–Crippen LogP) is 4.72. The minimum Gasteiger partial charge on any atom is -0.342 e. The Morgan fingerprint density at radius 2 is 1.97 bits per heavy atom. The van der Waals surface area contributed by atoms with E-state index < -0.39 is 0 Å². The number of halogens is 1. The van der Waals surface area contributed by atoms with E-state index in [0.717, 1.165) is 46.5 Å². The van der Waals surface area contributed by atoms with Crippen LogP contribution in [0.3, 0.4) is 0 Å². The van der Waals surface area contributed by atoms with Gasteiger partial charge < -0.3 is 10.2 Å². The van der Waals surface area contributed by atoms with Crippen molar-refractivity contribution in [3.05, 3.63) is 47.4 Å². The fraction of sp³-hybridized carbons (Fsp3) is 0.478. The van der Waals surface area contributed by atoms with Crippen LogP contribution in [0.2, 0.25) is 5.02 Å². The smallest absolute Gasteiger partial charge is 0.211 e. The summed E-state index contributed by atoms with van der Waals surface area (Å²) < 4.78 is 2.13. The molecule has 2 aliphatic rings. The summed E-state index contributed by atoms with van der Waals surface area (Å²) in [5.41, 5.74) is 4.37. The number of nitrogens with zero attached hydrogens (tertiary/aromatic N) is 4. The largest absolute Gasteiger partial charge is 0.342 e. The van der Waals surface area contributed by atoms with Crippen LogP contribution in [-0.4, -0.2) is 40.5 Å². The number of fused-ring (bicyclic) bond motifs is 1. The standard InChI is InChI=1S/C23H28ClN5/c1-16-20(17-6-3-4-7-18(17)24)21-26-12-15-29(21)22(27-16)28-13-10-23(11-14-28)9-5-8-19(23)25-2/h3-4,6-7,12,15,19,25H,5,8-11,13-14H2,1-2H3/t19-/m1/s1. The first kappa shape index (κ1) is 18.9. The number of benzene rings is 1. The van der Waals surface area contributed by atoms with Gasteiger partial charge in [-0.15, -0.1) is 0 Å². The van der Waals surface area contributed by atoms with Crippen LogP contribution >= 0.6 is 11.6 Å². The number of rotatable bonds is 3. The molecule has 1 saturated carbocycles. The zero-order valence-corrected chi connectivity index (χ0v) is 17.9. The topological polar surface area (TPSA) is 45.5 Å². The number of hydrogen-bond donors (Lipinski definition) is 1. The van der Waals surface area contributed by atoms with Gasteiger partial charge >= 0.3 is 0 Å². The lowest BCUT2D eigenvalue weighted by Gasteiger charge is -2.43. The molecule has 6 heteroatoms. The van der Waals surface area contributed by atoms with Crippen LogP contribution in [0.5, 0.6) is 0 Å². The van der Waals surface area contributed by atoms with Crippen molar-refractivity contribution < 1.29 is 0 Å². The average Bonchev–Trinajstić information content (AvgIpc) is 3.36. The second-order valence-electron chi connectivity index (χ2n) is 8.56. The number of imidazole rings is 1. The van der Waals surface area contributed by atoms with Crippen molar-refractivity contribution >= 4 is 23.2 Å². The molecule has 29 heavy (non-hydrogen) atoms. The summed E-state index contributed by atoms with van der Waals surface area (Å²) in [7, 11) is 2.12. The Labute approximate surface area is 177 Å². The highest BCUT2D eigenvalue weighted by Crippen LogP contribution is 2.47. The quantitative estimate of drug-likeness (QED) is 0.680. The number of hydrogen-bond acceptors (Lipinski definition) is 4. The summed E-state index contributed by atoms with van der Waals surface area (Å²) in [6, 6.07) is 8.60. The van der Waals surface area contributed by atoms with E-state index in [1.54, 1.807) is 0 Å². The molecule has 0 radical (unpaired) electrons. The summed E-state index contributed by atoms with van der Waals surface area (Å²) >= 11 is 6.50. The van der Waals surface area contributed by atoms with Gasteiger partial charge in [-0.25, -0.2) is 9.97 Å². The van der Waals surface area contributed by atoms with Crippen LogP contribution < -0.4 is 10.2 Å². The van der Waals surface area contributed by atoms with E-state index in [1.165, 1.54) is 32.1 Å². The lowest BCUT2D eigenvalue weighted by Crippen LogP contribution is -2.48. The first-order valence-electron chi connectivity index (χ1n) is 10.6. The highest BCUT2D eigenvalue weighted by Gasteiger charge is 2.44. The summed E-state index contributed by atoms with van der Waals surface area (Å²) in [6.45, 7) is 4.16. The fourth-order valence-electron chi connectivity index (χ4n) is 5.61. The van der Waals surface area contributed by atoms with Crippen molar-refractivity contribution in [3.8, 4) is 11.1 Å². The van der Waals surface area contributed by atoms with E-state index in [9.17, 15) is 0 Å². The molecule has 5 nitrogen and oxygen atoms in total. The van der Waals surface area contributed by atoms with Crippen molar-refractivity contribution in [3.63, 3.8) is 0 Å². The molecule has 1 spiro atoms. The first-order valence-corrected chi connectivity index (χ1v) is 11.0. The monoisotopic (exact) mass is 409 g/mol. The Morgan fingerprint density at radius 1 is 1.17 bits per heavy atom. The second-order valence-corrected chi connectivity index (χ2v) is 8.96. The average molecular weight is 410 g/mol. The van der Waals surface area contributed by atoms with Crippen molar-refractivity contribution in [1.82, 2.24) is 19.7 Å². The van der Waals surface area contributed by atoms with E-state index in [0.29, 0.717) is 11.5 Å². The van der Waals surface area contributed by atoms with E-state index in [-0.39, 0.29) is 0 Å². The molecule has 1 aliphatic carbocycles. The Bertz CT molecular complexity index is 1030. The van der Waals surface area contributed by atoms with Crippen LogP contribution in [-0.2, 0) is 0 Å².